The van der Waals surface area contributed by atoms with Crippen molar-refractivity contribution in [3.8, 4) is 11.4 Å². The Labute approximate surface area is 261 Å². The first-order valence-electron chi connectivity index (χ1n) is 15.7. The van der Waals surface area contributed by atoms with Crippen molar-refractivity contribution in [3.63, 3.8) is 0 Å². The first kappa shape index (κ1) is 24.6. The molecule has 1 aliphatic carbocycles. The van der Waals surface area contributed by atoms with Crippen LogP contribution in [0.25, 0.3) is 54.9 Å². The average molecular weight is 576 g/mol. The summed E-state index contributed by atoms with van der Waals surface area (Å²) in [5.41, 5.74) is 8.59. The van der Waals surface area contributed by atoms with Gasteiger partial charge < -0.3 is 9.47 Å². The molecule has 212 valence electrons. The predicted molar refractivity (Wildman–Crippen MR) is 189 cm³/mol. The molecule has 0 spiro atoms. The standard InChI is InChI=1S/C42H29N3/c1-2-13-29-25-41-36(24-28(29)12-1)35-19-6-10-23-40(35)44(42-26-30-14-3-7-20-37(30)45(41)42)32-16-11-15-31(27-32)43-38-21-8-4-17-33(38)34-18-5-9-22-39(34)43/h1-27,35,40H. The van der Waals surface area contributed by atoms with Crippen LogP contribution in [0.3, 0.4) is 0 Å². The fourth-order valence-corrected chi connectivity index (χ4v) is 7.85. The van der Waals surface area contributed by atoms with Crippen LogP contribution in [0.4, 0.5) is 11.5 Å². The molecule has 2 aliphatic rings. The second kappa shape index (κ2) is 9.35. The Hall–Kier alpha value is -5.80. The van der Waals surface area contributed by atoms with Gasteiger partial charge in [0, 0.05) is 33.5 Å². The predicted octanol–water partition coefficient (Wildman–Crippen LogP) is 10.6. The number of nitrogens with zero attached hydrogens (tertiary/aromatic N) is 3. The Morgan fingerprint density at radius 1 is 0.444 bits per heavy atom. The molecule has 0 saturated heterocycles. The summed E-state index contributed by atoms with van der Waals surface area (Å²) in [4.78, 5) is 2.56. The molecule has 0 saturated carbocycles. The van der Waals surface area contributed by atoms with Gasteiger partial charge in [-0.2, -0.15) is 0 Å². The zero-order valence-corrected chi connectivity index (χ0v) is 24.6. The van der Waals surface area contributed by atoms with Crippen LogP contribution in [0.5, 0.6) is 0 Å². The second-order valence-corrected chi connectivity index (χ2v) is 12.2. The Bertz CT molecular complexity index is 2470. The van der Waals surface area contributed by atoms with E-state index in [0.29, 0.717) is 0 Å². The Kier molecular flexibility index (Phi) is 5.11. The Balaban J connectivity index is 1.26. The maximum absolute atomic E-state index is 2.56. The largest absolute Gasteiger partial charge is 0.320 e. The second-order valence-electron chi connectivity index (χ2n) is 12.2. The van der Waals surface area contributed by atoms with E-state index >= 15 is 0 Å². The van der Waals surface area contributed by atoms with Crippen LogP contribution < -0.4 is 4.90 Å². The van der Waals surface area contributed by atoms with Crippen molar-refractivity contribution >= 4 is 55.0 Å². The van der Waals surface area contributed by atoms with E-state index in [0.717, 1.165) is 5.69 Å². The van der Waals surface area contributed by atoms with Crippen LogP contribution in [0, 0.1) is 0 Å². The molecule has 3 nitrogen and oxygen atoms in total. The van der Waals surface area contributed by atoms with Crippen molar-refractivity contribution in [2.45, 2.75) is 12.0 Å². The van der Waals surface area contributed by atoms with Gasteiger partial charge in [-0.05, 0) is 70.9 Å². The molecule has 1 aliphatic heterocycles. The molecule has 6 aromatic carbocycles. The lowest BCUT2D eigenvalue weighted by Crippen LogP contribution is -2.34. The average Bonchev–Trinajstić information content (AvgIpc) is 3.61. The van der Waals surface area contributed by atoms with Crippen LogP contribution in [-0.2, 0) is 0 Å². The molecule has 2 atom stereocenters. The summed E-state index contributed by atoms with van der Waals surface area (Å²) in [6, 6.07) is 51.4. The van der Waals surface area contributed by atoms with Crippen molar-refractivity contribution in [1.29, 1.82) is 0 Å². The monoisotopic (exact) mass is 575 g/mol. The number of rotatable bonds is 2. The van der Waals surface area contributed by atoms with Crippen molar-refractivity contribution in [3.05, 3.63) is 169 Å². The van der Waals surface area contributed by atoms with Crippen molar-refractivity contribution in [1.82, 2.24) is 9.13 Å². The van der Waals surface area contributed by atoms with Crippen LogP contribution in [0.2, 0.25) is 0 Å². The van der Waals surface area contributed by atoms with E-state index < -0.39 is 0 Å². The smallest absolute Gasteiger partial charge is 0.119 e. The number of hydrogen-bond donors (Lipinski definition) is 0. The summed E-state index contributed by atoms with van der Waals surface area (Å²) in [6.07, 6.45) is 9.19. The molecule has 0 fully saturated rings. The van der Waals surface area contributed by atoms with Gasteiger partial charge in [0.1, 0.15) is 5.82 Å². The highest BCUT2D eigenvalue weighted by Gasteiger charge is 2.36. The van der Waals surface area contributed by atoms with E-state index in [9.17, 15) is 0 Å². The van der Waals surface area contributed by atoms with Crippen LogP contribution in [0.1, 0.15) is 11.5 Å². The molecule has 3 heterocycles. The number of allylic oxidation sites excluding steroid dienone is 2. The minimum absolute atomic E-state index is 0.105. The molecule has 2 unspecified atom stereocenters. The van der Waals surface area contributed by atoms with E-state index in [-0.39, 0.29) is 12.0 Å². The normalized spacial score (nSPS) is 17.1. The Morgan fingerprint density at radius 3 is 1.84 bits per heavy atom. The highest BCUT2D eigenvalue weighted by Crippen LogP contribution is 2.47. The minimum Gasteiger partial charge on any atom is -0.320 e. The lowest BCUT2D eigenvalue weighted by Gasteiger charge is -2.35. The molecule has 45 heavy (non-hydrogen) atoms. The van der Waals surface area contributed by atoms with Gasteiger partial charge in [0.05, 0.1) is 28.3 Å². The zero-order valence-electron chi connectivity index (χ0n) is 24.6. The van der Waals surface area contributed by atoms with Gasteiger partial charge in [0.2, 0.25) is 0 Å². The van der Waals surface area contributed by atoms with Gasteiger partial charge in [0.25, 0.3) is 0 Å². The van der Waals surface area contributed by atoms with Gasteiger partial charge in [-0.15, -0.1) is 0 Å². The molecule has 8 aromatic rings. The number of benzene rings is 6. The molecule has 0 bridgehead atoms. The maximum Gasteiger partial charge on any atom is 0.119 e. The van der Waals surface area contributed by atoms with Crippen molar-refractivity contribution in [2.75, 3.05) is 4.90 Å². The number of para-hydroxylation sites is 3. The maximum atomic E-state index is 2.56. The molecule has 0 amide bonds. The molecule has 0 radical (unpaired) electrons. The molecule has 2 aromatic heterocycles. The number of fused-ring (bicyclic) bond motifs is 11. The summed E-state index contributed by atoms with van der Waals surface area (Å²) in [7, 11) is 0. The number of aromatic nitrogens is 2. The number of anilines is 2. The molecule has 10 rings (SSSR count). The van der Waals surface area contributed by atoms with E-state index in [1.807, 2.05) is 0 Å². The van der Waals surface area contributed by atoms with Gasteiger partial charge in [-0.1, -0.05) is 109 Å². The summed E-state index contributed by atoms with van der Waals surface area (Å²) >= 11 is 0. The highest BCUT2D eigenvalue weighted by molar-refractivity contribution is 6.09. The first-order valence-corrected chi connectivity index (χ1v) is 15.7. The van der Waals surface area contributed by atoms with Crippen LogP contribution in [0.15, 0.2) is 164 Å². The van der Waals surface area contributed by atoms with E-state index in [2.05, 4.69) is 178 Å². The van der Waals surface area contributed by atoms with Gasteiger partial charge in [-0.25, -0.2) is 0 Å². The third kappa shape index (κ3) is 3.52. The summed E-state index contributed by atoms with van der Waals surface area (Å²) in [6.45, 7) is 0. The third-order valence-corrected chi connectivity index (χ3v) is 9.78. The van der Waals surface area contributed by atoms with Gasteiger partial charge in [0.15, 0.2) is 0 Å². The summed E-state index contributed by atoms with van der Waals surface area (Å²) in [5.74, 6) is 1.37. The topological polar surface area (TPSA) is 13.1 Å². The summed E-state index contributed by atoms with van der Waals surface area (Å²) < 4.78 is 4.90. The quantitative estimate of drug-likeness (QED) is 0.200. The van der Waals surface area contributed by atoms with Crippen LogP contribution >= 0.6 is 0 Å². The fraction of sp³-hybridized carbons (Fsp3) is 0.0476. The number of hydrogen-bond acceptors (Lipinski definition) is 1. The molecular formula is C42H29N3. The lowest BCUT2D eigenvalue weighted by molar-refractivity contribution is 0.697. The fourth-order valence-electron chi connectivity index (χ4n) is 7.85. The third-order valence-electron chi connectivity index (χ3n) is 9.78. The first-order chi connectivity index (χ1) is 22.3. The van der Waals surface area contributed by atoms with E-state index in [1.165, 1.54) is 66.2 Å². The van der Waals surface area contributed by atoms with E-state index in [4.69, 9.17) is 0 Å². The SMILES string of the molecule is C1=CC2c3cc4ccccc4cc3-n3c(cc4ccccc43)N(c3cccc(-n4c5ccccc5c5ccccc54)c3)C2C=C1. The molecule has 0 N–H and O–H groups in total. The van der Waals surface area contributed by atoms with E-state index in [1.54, 1.807) is 0 Å². The minimum atomic E-state index is 0.105. The van der Waals surface area contributed by atoms with Crippen molar-refractivity contribution in [2.24, 2.45) is 0 Å². The van der Waals surface area contributed by atoms with Gasteiger partial charge >= 0.3 is 0 Å². The van der Waals surface area contributed by atoms with Crippen LogP contribution in [-0.4, -0.2) is 15.2 Å². The Morgan fingerprint density at radius 2 is 1.07 bits per heavy atom. The van der Waals surface area contributed by atoms with Crippen molar-refractivity contribution < 1.29 is 0 Å². The zero-order chi connectivity index (χ0) is 29.5. The lowest BCUT2D eigenvalue weighted by atomic mass is 9.85. The summed E-state index contributed by atoms with van der Waals surface area (Å²) in [5, 5.41) is 6.32. The molecule has 3 heteroatoms. The molecular weight excluding hydrogens is 546 g/mol. The van der Waals surface area contributed by atoms with Gasteiger partial charge in [-0.3, -0.25) is 4.57 Å². The highest BCUT2D eigenvalue weighted by atomic mass is 15.3.